The van der Waals surface area contributed by atoms with Gasteiger partial charge in [0.15, 0.2) is 11.6 Å². The van der Waals surface area contributed by atoms with Crippen LogP contribution < -0.4 is 4.72 Å². The lowest BCUT2D eigenvalue weighted by atomic mass is 10.1. The molecule has 2 aromatic carbocycles. The lowest BCUT2D eigenvalue weighted by molar-refractivity contribution is 0.0397. The van der Waals surface area contributed by atoms with Crippen molar-refractivity contribution in [3.8, 4) is 17.5 Å². The Labute approximate surface area is 191 Å². The van der Waals surface area contributed by atoms with E-state index in [-0.39, 0.29) is 17.0 Å². The predicted octanol–water partition coefficient (Wildman–Crippen LogP) is 3.70. The zero-order valence-electron chi connectivity index (χ0n) is 18.4. The largest absolute Gasteiger partial charge is 0.373 e. The SMILES string of the molecule is CC(C)NS(=O)(=O)c1ccc(C#Cc2nn(-c3ccc(F)c(F)c3)c3c2CO[C@@H](C)C3)cc1. The lowest BCUT2D eigenvalue weighted by Gasteiger charge is -2.20. The van der Waals surface area contributed by atoms with Gasteiger partial charge in [-0.05, 0) is 63.1 Å². The summed E-state index contributed by atoms with van der Waals surface area (Å²) in [6.45, 7) is 5.74. The monoisotopic (exact) mass is 471 g/mol. The van der Waals surface area contributed by atoms with E-state index < -0.39 is 21.7 Å². The summed E-state index contributed by atoms with van der Waals surface area (Å²) in [6, 6.07) is 9.66. The Hall–Kier alpha value is -3.06. The average molecular weight is 472 g/mol. The van der Waals surface area contributed by atoms with Crippen LogP contribution in [0, 0.1) is 23.5 Å². The summed E-state index contributed by atoms with van der Waals surface area (Å²) in [5.74, 6) is 4.13. The number of hydrogen-bond donors (Lipinski definition) is 1. The van der Waals surface area contributed by atoms with Crippen molar-refractivity contribution in [2.75, 3.05) is 0 Å². The summed E-state index contributed by atoms with van der Waals surface area (Å²) in [6.07, 6.45) is 0.506. The van der Waals surface area contributed by atoms with Crippen LogP contribution >= 0.6 is 0 Å². The molecule has 1 aliphatic heterocycles. The highest BCUT2D eigenvalue weighted by Crippen LogP contribution is 2.27. The minimum atomic E-state index is -3.58. The van der Waals surface area contributed by atoms with Gasteiger partial charge in [-0.15, -0.1) is 0 Å². The Morgan fingerprint density at radius 2 is 1.85 bits per heavy atom. The van der Waals surface area contributed by atoms with Crippen LogP contribution in [-0.4, -0.2) is 30.3 Å². The molecule has 2 heterocycles. The molecule has 0 saturated carbocycles. The number of hydrogen-bond acceptors (Lipinski definition) is 4. The van der Waals surface area contributed by atoms with Gasteiger partial charge in [0.05, 0.1) is 29.0 Å². The molecular weight excluding hydrogens is 448 g/mol. The fourth-order valence-corrected chi connectivity index (χ4v) is 4.81. The van der Waals surface area contributed by atoms with E-state index in [2.05, 4.69) is 21.7 Å². The molecule has 0 unspecified atom stereocenters. The van der Waals surface area contributed by atoms with E-state index in [1.807, 2.05) is 6.92 Å². The molecule has 0 aliphatic carbocycles. The van der Waals surface area contributed by atoms with Crippen LogP contribution in [0.1, 0.15) is 43.3 Å². The molecule has 3 aromatic rings. The summed E-state index contributed by atoms with van der Waals surface area (Å²) in [5, 5.41) is 4.54. The van der Waals surface area contributed by atoms with Gasteiger partial charge >= 0.3 is 0 Å². The minimum Gasteiger partial charge on any atom is -0.373 e. The summed E-state index contributed by atoms with van der Waals surface area (Å²) < 4.78 is 61.6. The van der Waals surface area contributed by atoms with Crippen molar-refractivity contribution in [2.24, 2.45) is 0 Å². The van der Waals surface area contributed by atoms with E-state index in [4.69, 9.17) is 4.74 Å². The van der Waals surface area contributed by atoms with Gasteiger partial charge in [0.1, 0.15) is 5.69 Å². The first-order chi connectivity index (χ1) is 15.6. The van der Waals surface area contributed by atoms with E-state index in [0.29, 0.717) is 30.0 Å². The molecule has 1 aliphatic rings. The maximum Gasteiger partial charge on any atom is 0.240 e. The summed E-state index contributed by atoms with van der Waals surface area (Å²) in [7, 11) is -3.58. The minimum absolute atomic E-state index is 0.0482. The molecule has 1 aromatic heterocycles. The number of nitrogens with one attached hydrogen (secondary N) is 1. The van der Waals surface area contributed by atoms with Gasteiger partial charge in [0.2, 0.25) is 10.0 Å². The zero-order chi connectivity index (χ0) is 23.8. The Kier molecular flexibility index (Phi) is 6.34. The molecule has 172 valence electrons. The number of aromatic nitrogens is 2. The molecular formula is C24H23F2N3O3S. The molecule has 0 spiro atoms. The first-order valence-electron chi connectivity index (χ1n) is 10.5. The van der Waals surface area contributed by atoms with Crippen molar-refractivity contribution in [2.45, 2.75) is 50.8 Å². The number of rotatable bonds is 4. The van der Waals surface area contributed by atoms with E-state index in [1.165, 1.54) is 18.2 Å². The smallest absolute Gasteiger partial charge is 0.240 e. The Balaban J connectivity index is 1.68. The number of halogens is 2. The highest BCUT2D eigenvalue weighted by molar-refractivity contribution is 7.89. The van der Waals surface area contributed by atoms with Gasteiger partial charge < -0.3 is 4.74 Å². The molecule has 1 N–H and O–H groups in total. The summed E-state index contributed by atoms with van der Waals surface area (Å²) in [5.41, 5.74) is 3.12. The van der Waals surface area contributed by atoms with Crippen LogP contribution in [0.25, 0.3) is 5.69 Å². The Morgan fingerprint density at radius 1 is 1.12 bits per heavy atom. The topological polar surface area (TPSA) is 73.2 Å². The number of nitrogens with zero attached hydrogens (tertiary/aromatic N) is 2. The van der Waals surface area contributed by atoms with Crippen LogP contribution in [0.15, 0.2) is 47.4 Å². The number of ether oxygens (including phenoxy) is 1. The Morgan fingerprint density at radius 3 is 2.52 bits per heavy atom. The standard InChI is InChI=1S/C24H23F2N3O3S/c1-15(2)28-33(30,31)19-8-4-17(5-9-19)6-11-23-20-14-32-16(3)12-24(20)29(27-23)18-7-10-21(25)22(26)13-18/h4-5,7-10,13,15-16,28H,12,14H2,1-3H3/t16-/m0/s1. The van der Waals surface area contributed by atoms with E-state index >= 15 is 0 Å². The average Bonchev–Trinajstić information content (AvgIpc) is 3.11. The molecule has 0 bridgehead atoms. The first-order valence-corrected chi connectivity index (χ1v) is 11.9. The second-order valence-electron chi connectivity index (χ2n) is 8.16. The lowest BCUT2D eigenvalue weighted by Crippen LogP contribution is -2.30. The molecule has 1 atom stereocenters. The zero-order valence-corrected chi connectivity index (χ0v) is 19.2. The molecule has 0 amide bonds. The Bertz CT molecular complexity index is 1350. The molecule has 0 radical (unpaired) electrons. The van der Waals surface area contributed by atoms with Crippen LogP contribution in [-0.2, 0) is 27.8 Å². The third kappa shape index (κ3) is 4.98. The highest BCUT2D eigenvalue weighted by Gasteiger charge is 2.25. The van der Waals surface area contributed by atoms with E-state index in [9.17, 15) is 17.2 Å². The van der Waals surface area contributed by atoms with Crippen molar-refractivity contribution in [3.05, 3.63) is 76.6 Å². The molecule has 33 heavy (non-hydrogen) atoms. The predicted molar refractivity (Wildman–Crippen MR) is 119 cm³/mol. The fraction of sp³-hybridized carbons (Fsp3) is 0.292. The highest BCUT2D eigenvalue weighted by atomic mass is 32.2. The molecule has 0 saturated heterocycles. The van der Waals surface area contributed by atoms with E-state index in [0.717, 1.165) is 23.4 Å². The van der Waals surface area contributed by atoms with Crippen molar-refractivity contribution in [3.63, 3.8) is 0 Å². The maximum atomic E-state index is 13.8. The van der Waals surface area contributed by atoms with Gasteiger partial charge in [-0.3, -0.25) is 0 Å². The number of fused-ring (bicyclic) bond motifs is 1. The van der Waals surface area contributed by atoms with Gasteiger partial charge in [0.25, 0.3) is 0 Å². The molecule has 4 rings (SSSR count). The number of benzene rings is 2. The number of sulfonamides is 1. The fourth-order valence-electron chi connectivity index (χ4n) is 3.56. The van der Waals surface area contributed by atoms with Crippen molar-refractivity contribution < 1.29 is 21.9 Å². The van der Waals surface area contributed by atoms with Crippen molar-refractivity contribution >= 4 is 10.0 Å². The molecule has 6 nitrogen and oxygen atoms in total. The van der Waals surface area contributed by atoms with Gasteiger partial charge in [-0.1, -0.05) is 5.92 Å². The van der Waals surface area contributed by atoms with Crippen molar-refractivity contribution in [1.82, 2.24) is 14.5 Å². The summed E-state index contributed by atoms with van der Waals surface area (Å²) in [4.78, 5) is 0.157. The molecule has 0 fully saturated rings. The normalized spacial score (nSPS) is 15.8. The van der Waals surface area contributed by atoms with Gasteiger partial charge in [0, 0.05) is 29.7 Å². The van der Waals surface area contributed by atoms with Crippen molar-refractivity contribution in [1.29, 1.82) is 0 Å². The van der Waals surface area contributed by atoms with Crippen LogP contribution in [0.2, 0.25) is 0 Å². The quantitative estimate of drug-likeness (QED) is 0.589. The van der Waals surface area contributed by atoms with Crippen LogP contribution in [0.5, 0.6) is 0 Å². The van der Waals surface area contributed by atoms with Gasteiger partial charge in [-0.25, -0.2) is 26.6 Å². The van der Waals surface area contributed by atoms with Crippen LogP contribution in [0.4, 0.5) is 8.78 Å². The molecule has 9 heteroatoms. The third-order valence-corrected chi connectivity index (χ3v) is 6.79. The second kappa shape index (κ2) is 9.06. The maximum absolute atomic E-state index is 13.8. The third-order valence-electron chi connectivity index (χ3n) is 5.11. The van der Waals surface area contributed by atoms with Gasteiger partial charge in [-0.2, -0.15) is 5.10 Å². The summed E-state index contributed by atoms with van der Waals surface area (Å²) >= 11 is 0. The second-order valence-corrected chi connectivity index (χ2v) is 9.87. The van der Waals surface area contributed by atoms with Crippen LogP contribution in [0.3, 0.4) is 0 Å². The first kappa shape index (κ1) is 23.1. The van der Waals surface area contributed by atoms with E-state index in [1.54, 1.807) is 30.7 Å².